The molecule has 1 fully saturated rings. The van der Waals surface area contributed by atoms with E-state index >= 15 is 0 Å². The van der Waals surface area contributed by atoms with Crippen molar-refractivity contribution < 1.29 is 23.1 Å². The maximum absolute atomic E-state index is 14.0. The lowest BCUT2D eigenvalue weighted by Gasteiger charge is -2.39. The molecular weight excluding hydrogens is 550 g/mol. The molecule has 0 unspecified atom stereocenters. The molecule has 5 rings (SSSR count). The quantitative estimate of drug-likeness (QED) is 0.384. The molecule has 0 saturated carbocycles. The number of carbonyl (C=O) groups excluding carboxylic acids is 2. The van der Waals surface area contributed by atoms with Crippen molar-refractivity contribution in [1.82, 2.24) is 19.7 Å². The number of likely N-dealkylation sites (N-methyl/N-ethyl adjacent to an activating group) is 1. The van der Waals surface area contributed by atoms with Crippen molar-refractivity contribution >= 4 is 11.8 Å². The summed E-state index contributed by atoms with van der Waals surface area (Å²) in [5.41, 5.74) is 2.49. The number of fused-ring (bicyclic) bond motifs is 3. The van der Waals surface area contributed by atoms with Gasteiger partial charge in [0.25, 0.3) is 0 Å². The number of benzene rings is 2. The van der Waals surface area contributed by atoms with Crippen LogP contribution in [0.3, 0.4) is 0 Å². The number of halogens is 2. The molecule has 228 valence electrons. The first kappa shape index (κ1) is 30.6. The molecule has 2 bridgehead atoms. The molecule has 2 aromatic carbocycles. The van der Waals surface area contributed by atoms with Gasteiger partial charge >= 0.3 is 0 Å². The van der Waals surface area contributed by atoms with Crippen LogP contribution in [0.4, 0.5) is 8.78 Å². The monoisotopic (exact) mass is 590 g/mol. The van der Waals surface area contributed by atoms with Crippen molar-refractivity contribution in [2.24, 2.45) is 11.8 Å². The van der Waals surface area contributed by atoms with Crippen LogP contribution in [-0.2, 0) is 29.1 Å². The molecule has 2 amide bonds. The Bertz CT molecular complexity index is 1390. The smallest absolute Gasteiger partial charge is 0.236 e. The molecule has 0 radical (unpaired) electrons. The Kier molecular flexibility index (Phi) is 10.4. The first-order valence-electron chi connectivity index (χ1n) is 15.1. The number of pyridine rings is 1. The van der Waals surface area contributed by atoms with Crippen molar-refractivity contribution in [3.8, 4) is 5.75 Å². The summed E-state index contributed by atoms with van der Waals surface area (Å²) < 4.78 is 33.8. The molecule has 0 spiro atoms. The van der Waals surface area contributed by atoms with Gasteiger partial charge in [0.1, 0.15) is 5.75 Å². The van der Waals surface area contributed by atoms with Gasteiger partial charge in [0.2, 0.25) is 11.8 Å². The predicted molar refractivity (Wildman–Crippen MR) is 160 cm³/mol. The van der Waals surface area contributed by atoms with Crippen LogP contribution < -0.4 is 4.74 Å². The molecule has 1 aromatic heterocycles. The molecule has 0 aliphatic carbocycles. The van der Waals surface area contributed by atoms with Gasteiger partial charge in [-0.3, -0.25) is 19.5 Å². The van der Waals surface area contributed by atoms with E-state index < -0.39 is 11.6 Å². The standard InChI is InChI=1S/C34H40F2N4O3/c1-38(16-14-29-9-4-5-15-37-29)33(41)20-26-13-17-40-23-27(26)8-6-18-43-32-10-3-2-7-28(32)22-39(24-34(40)42)21-25-11-12-30(35)31(36)19-25/h2-5,7,9-12,15,19,26-27H,6,8,13-14,16-18,20-24H2,1H3/t26-,27-/m0/s1. The van der Waals surface area contributed by atoms with E-state index in [1.54, 1.807) is 17.2 Å². The Morgan fingerprint density at radius 3 is 2.70 bits per heavy atom. The second kappa shape index (κ2) is 14.6. The van der Waals surface area contributed by atoms with E-state index in [-0.39, 0.29) is 36.7 Å². The summed E-state index contributed by atoms with van der Waals surface area (Å²) >= 11 is 0. The van der Waals surface area contributed by atoms with Crippen LogP contribution >= 0.6 is 0 Å². The van der Waals surface area contributed by atoms with Gasteiger partial charge in [0, 0.05) is 70.1 Å². The van der Waals surface area contributed by atoms with E-state index in [4.69, 9.17) is 4.74 Å². The van der Waals surface area contributed by atoms with Gasteiger partial charge in [-0.2, -0.15) is 0 Å². The molecule has 2 aliphatic heterocycles. The van der Waals surface area contributed by atoms with Crippen LogP contribution in [0.5, 0.6) is 5.75 Å². The number of hydrogen-bond acceptors (Lipinski definition) is 5. The Hall–Kier alpha value is -3.85. The molecule has 7 nitrogen and oxygen atoms in total. The number of piperidine rings is 1. The van der Waals surface area contributed by atoms with Gasteiger partial charge in [-0.1, -0.05) is 30.3 Å². The lowest BCUT2D eigenvalue weighted by Crippen LogP contribution is -2.48. The van der Waals surface area contributed by atoms with Crippen LogP contribution in [0.2, 0.25) is 0 Å². The van der Waals surface area contributed by atoms with Crippen LogP contribution in [0.1, 0.15) is 42.5 Å². The first-order valence-corrected chi connectivity index (χ1v) is 15.1. The zero-order valence-corrected chi connectivity index (χ0v) is 24.8. The van der Waals surface area contributed by atoms with Gasteiger partial charge < -0.3 is 14.5 Å². The lowest BCUT2D eigenvalue weighted by atomic mass is 9.80. The number of amides is 2. The number of para-hydroxylation sites is 1. The maximum Gasteiger partial charge on any atom is 0.236 e. The summed E-state index contributed by atoms with van der Waals surface area (Å²) in [6.45, 7) is 3.20. The Morgan fingerprint density at radius 2 is 1.88 bits per heavy atom. The molecule has 2 aliphatic rings. The number of nitrogens with zero attached hydrogens (tertiary/aromatic N) is 4. The minimum Gasteiger partial charge on any atom is -0.493 e. The van der Waals surface area contributed by atoms with Crippen molar-refractivity contribution in [3.63, 3.8) is 0 Å². The summed E-state index contributed by atoms with van der Waals surface area (Å²) in [5, 5.41) is 0. The number of carbonyl (C=O) groups is 2. The second-order valence-electron chi connectivity index (χ2n) is 11.7. The van der Waals surface area contributed by atoms with E-state index in [9.17, 15) is 18.4 Å². The number of rotatable bonds is 7. The summed E-state index contributed by atoms with van der Waals surface area (Å²) in [4.78, 5) is 36.9. The largest absolute Gasteiger partial charge is 0.493 e. The summed E-state index contributed by atoms with van der Waals surface area (Å²) in [6.07, 6.45) is 5.37. The third-order valence-electron chi connectivity index (χ3n) is 8.63. The first-order chi connectivity index (χ1) is 20.9. The lowest BCUT2D eigenvalue weighted by molar-refractivity contribution is -0.136. The fourth-order valence-corrected chi connectivity index (χ4v) is 6.14. The fraction of sp³-hybridized carbons (Fsp3) is 0.441. The van der Waals surface area contributed by atoms with Crippen molar-refractivity contribution in [2.75, 3.05) is 39.8 Å². The Labute approximate surface area is 252 Å². The molecule has 0 N–H and O–H groups in total. The maximum atomic E-state index is 14.0. The van der Waals surface area contributed by atoms with Gasteiger partial charge in [0.15, 0.2) is 11.6 Å². The summed E-state index contributed by atoms with van der Waals surface area (Å²) in [7, 11) is 1.85. The van der Waals surface area contributed by atoms with Crippen LogP contribution in [-0.4, -0.2) is 71.3 Å². The highest BCUT2D eigenvalue weighted by Crippen LogP contribution is 2.32. The zero-order chi connectivity index (χ0) is 30.2. The highest BCUT2D eigenvalue weighted by molar-refractivity contribution is 5.79. The highest BCUT2D eigenvalue weighted by Gasteiger charge is 2.34. The average molecular weight is 591 g/mol. The summed E-state index contributed by atoms with van der Waals surface area (Å²) in [6, 6.07) is 17.4. The predicted octanol–water partition coefficient (Wildman–Crippen LogP) is 5.09. The Morgan fingerprint density at radius 1 is 1.05 bits per heavy atom. The van der Waals surface area contributed by atoms with Crippen molar-refractivity contribution in [2.45, 2.75) is 45.2 Å². The van der Waals surface area contributed by atoms with Crippen molar-refractivity contribution in [1.29, 1.82) is 0 Å². The third kappa shape index (κ3) is 8.38. The molecular formula is C34H40F2N4O3. The van der Waals surface area contributed by atoms with E-state index in [0.29, 0.717) is 51.2 Å². The number of aromatic nitrogens is 1. The SMILES string of the molecule is CN(CCc1ccccn1)C(=O)C[C@@H]1CCN2C[C@@H]1CCCOc1ccccc1CN(Cc1ccc(F)c(F)c1)CC2=O. The van der Waals surface area contributed by atoms with Gasteiger partial charge in [0.05, 0.1) is 13.2 Å². The molecule has 3 aromatic rings. The van der Waals surface area contributed by atoms with E-state index in [0.717, 1.165) is 42.3 Å². The van der Waals surface area contributed by atoms with E-state index in [1.165, 1.54) is 6.07 Å². The van der Waals surface area contributed by atoms with Crippen LogP contribution in [0, 0.1) is 23.5 Å². The fourth-order valence-electron chi connectivity index (χ4n) is 6.14. The Balaban J connectivity index is 1.28. The highest BCUT2D eigenvalue weighted by atomic mass is 19.2. The summed E-state index contributed by atoms with van der Waals surface area (Å²) in [5.74, 6) is -0.548. The molecule has 3 heterocycles. The molecule has 2 atom stereocenters. The van der Waals surface area contributed by atoms with Gasteiger partial charge in [-0.05, 0) is 67.0 Å². The average Bonchev–Trinajstić information content (AvgIpc) is 3.02. The van der Waals surface area contributed by atoms with Crippen LogP contribution in [0.15, 0.2) is 66.9 Å². The van der Waals surface area contributed by atoms with Crippen molar-refractivity contribution in [3.05, 3.63) is 95.3 Å². The normalized spacial score (nSPS) is 19.8. The van der Waals surface area contributed by atoms with E-state index in [2.05, 4.69) is 4.98 Å². The van der Waals surface area contributed by atoms with Gasteiger partial charge in [-0.15, -0.1) is 0 Å². The van der Waals surface area contributed by atoms with Crippen LogP contribution in [0.25, 0.3) is 0 Å². The minimum atomic E-state index is -0.903. The molecule has 1 saturated heterocycles. The second-order valence-corrected chi connectivity index (χ2v) is 11.7. The van der Waals surface area contributed by atoms with E-state index in [1.807, 2.05) is 59.3 Å². The third-order valence-corrected chi connectivity index (χ3v) is 8.63. The van der Waals surface area contributed by atoms with Gasteiger partial charge in [-0.25, -0.2) is 8.78 Å². The molecule has 9 heteroatoms. The topological polar surface area (TPSA) is 66.0 Å². The molecule has 43 heavy (non-hydrogen) atoms. The number of ether oxygens (including phenoxy) is 1. The number of hydrogen-bond donors (Lipinski definition) is 0. The zero-order valence-electron chi connectivity index (χ0n) is 24.8. The minimum absolute atomic E-state index is 0.00230.